The molecule has 0 amide bonds. The first-order valence-corrected chi connectivity index (χ1v) is 10.5. The summed E-state index contributed by atoms with van der Waals surface area (Å²) < 4.78 is 2.14. The first-order chi connectivity index (χ1) is 14.2. The van der Waals surface area contributed by atoms with Crippen molar-refractivity contribution in [1.82, 2.24) is 9.88 Å². The van der Waals surface area contributed by atoms with Crippen LogP contribution in [0.25, 0.3) is 16.6 Å². The van der Waals surface area contributed by atoms with Crippen LogP contribution in [-0.4, -0.2) is 26.9 Å². The minimum absolute atomic E-state index is 0.0358. The summed E-state index contributed by atoms with van der Waals surface area (Å²) in [5.74, 6) is 0.0371. The van der Waals surface area contributed by atoms with Gasteiger partial charge in [0.25, 0.3) is 0 Å². The van der Waals surface area contributed by atoms with Crippen LogP contribution in [0.4, 0.5) is 5.69 Å². The van der Waals surface area contributed by atoms with Gasteiger partial charge in [0.2, 0.25) is 0 Å². The number of fused-ring (bicyclic) bond motifs is 1. The van der Waals surface area contributed by atoms with E-state index < -0.39 is 0 Å². The largest absolute Gasteiger partial charge is 0.508 e. The molecule has 0 spiro atoms. The molecule has 0 saturated heterocycles. The average molecular weight is 424 g/mol. The van der Waals surface area contributed by atoms with E-state index in [4.69, 9.17) is 12.2 Å². The summed E-state index contributed by atoms with van der Waals surface area (Å²) in [6, 6.07) is 7.42. The van der Waals surface area contributed by atoms with Crippen molar-refractivity contribution in [1.29, 1.82) is 0 Å². The Labute approximate surface area is 183 Å². The minimum Gasteiger partial charge on any atom is -0.508 e. The fraction of sp³-hybridized carbons (Fsp3) is 0.292. The van der Waals surface area contributed by atoms with Gasteiger partial charge in [0.1, 0.15) is 11.5 Å². The predicted molar refractivity (Wildman–Crippen MR) is 129 cm³/mol. The highest BCUT2D eigenvalue weighted by atomic mass is 32.1. The topological polar surface area (TPSA) is 60.7 Å². The van der Waals surface area contributed by atoms with Gasteiger partial charge >= 0.3 is 0 Å². The van der Waals surface area contributed by atoms with E-state index in [1.807, 2.05) is 18.7 Å². The molecule has 6 heteroatoms. The molecular formula is C24H29N3O2S. The molecule has 0 unspecified atom stereocenters. The molecule has 3 N–H and O–H groups in total. The van der Waals surface area contributed by atoms with E-state index in [0.717, 1.165) is 28.8 Å². The Balaban J connectivity index is 2.22. The molecule has 30 heavy (non-hydrogen) atoms. The Morgan fingerprint density at radius 1 is 1.10 bits per heavy atom. The molecule has 5 nitrogen and oxygen atoms in total. The quantitative estimate of drug-likeness (QED) is 0.504. The number of benzene rings is 2. The maximum absolute atomic E-state index is 10.5. The molecule has 0 aliphatic rings. The second-order valence-corrected chi connectivity index (χ2v) is 7.85. The van der Waals surface area contributed by atoms with Crippen molar-refractivity contribution in [2.24, 2.45) is 7.05 Å². The number of rotatable bonds is 5. The Morgan fingerprint density at radius 2 is 1.77 bits per heavy atom. The lowest BCUT2D eigenvalue weighted by atomic mass is 10.0. The Bertz CT molecular complexity index is 1150. The summed E-state index contributed by atoms with van der Waals surface area (Å²) >= 11 is 5.63. The zero-order valence-corrected chi connectivity index (χ0v) is 19.0. The summed E-state index contributed by atoms with van der Waals surface area (Å²) in [5.41, 5.74) is 6.17. The van der Waals surface area contributed by atoms with Crippen molar-refractivity contribution < 1.29 is 10.2 Å². The van der Waals surface area contributed by atoms with Crippen LogP contribution in [0.5, 0.6) is 11.5 Å². The fourth-order valence-corrected chi connectivity index (χ4v) is 4.08. The lowest BCUT2D eigenvalue weighted by Gasteiger charge is -2.29. The third kappa shape index (κ3) is 3.63. The number of aromatic nitrogens is 1. The van der Waals surface area contributed by atoms with Crippen molar-refractivity contribution in [2.45, 2.75) is 33.6 Å². The summed E-state index contributed by atoms with van der Waals surface area (Å²) in [7, 11) is 3.82. The Morgan fingerprint density at radius 3 is 2.37 bits per heavy atom. The Hall–Kier alpha value is -2.99. The molecule has 158 valence electrons. The molecule has 2 aromatic carbocycles. The van der Waals surface area contributed by atoms with Crippen LogP contribution >= 0.6 is 12.2 Å². The van der Waals surface area contributed by atoms with Crippen LogP contribution in [0, 0.1) is 6.92 Å². The number of aromatic hydroxyl groups is 2. The molecule has 0 aliphatic heterocycles. The number of hydrogen-bond acceptors (Lipinski definition) is 3. The lowest BCUT2D eigenvalue weighted by molar-refractivity contribution is 0.445. The van der Waals surface area contributed by atoms with Crippen molar-refractivity contribution in [3.63, 3.8) is 0 Å². The van der Waals surface area contributed by atoms with Crippen LogP contribution in [-0.2, 0) is 19.9 Å². The number of phenols is 2. The molecular weight excluding hydrogens is 394 g/mol. The molecule has 0 bridgehead atoms. The second-order valence-electron chi connectivity index (χ2n) is 7.46. The van der Waals surface area contributed by atoms with Gasteiger partial charge in [-0.15, -0.1) is 0 Å². The van der Waals surface area contributed by atoms with Gasteiger partial charge in [0.15, 0.2) is 5.11 Å². The summed E-state index contributed by atoms with van der Waals surface area (Å²) in [6.07, 6.45) is 3.72. The molecule has 3 rings (SSSR count). The molecule has 1 heterocycles. The lowest BCUT2D eigenvalue weighted by Crippen LogP contribution is -2.36. The van der Waals surface area contributed by atoms with Gasteiger partial charge < -0.3 is 20.1 Å². The SMILES string of the molecule is C=C(c1cc(CC)c(O)cc1O)N(C(=S)NC)c1cc2c(CC)cn(C)c2cc1C. The number of nitrogens with zero attached hydrogens (tertiary/aromatic N) is 2. The molecule has 3 aromatic rings. The summed E-state index contributed by atoms with van der Waals surface area (Å²) in [5, 5.41) is 25.3. The van der Waals surface area contributed by atoms with Gasteiger partial charge in [-0.05, 0) is 66.9 Å². The number of hydrogen-bond donors (Lipinski definition) is 3. The van der Waals surface area contributed by atoms with Crippen LogP contribution < -0.4 is 10.2 Å². The zero-order valence-electron chi connectivity index (χ0n) is 18.2. The molecule has 0 atom stereocenters. The molecule has 0 saturated carbocycles. The zero-order chi connectivity index (χ0) is 22.2. The summed E-state index contributed by atoms with van der Waals surface area (Å²) in [4.78, 5) is 1.85. The average Bonchev–Trinajstić information content (AvgIpc) is 3.03. The van der Waals surface area contributed by atoms with Crippen molar-refractivity contribution in [3.8, 4) is 11.5 Å². The molecule has 0 radical (unpaired) electrons. The van der Waals surface area contributed by atoms with Gasteiger partial charge in [-0.1, -0.05) is 20.4 Å². The van der Waals surface area contributed by atoms with Crippen molar-refractivity contribution in [2.75, 3.05) is 11.9 Å². The number of aryl methyl sites for hydroxylation is 4. The molecule has 0 aliphatic carbocycles. The van der Waals surface area contributed by atoms with E-state index in [1.165, 1.54) is 17.0 Å². The monoisotopic (exact) mass is 423 g/mol. The number of phenolic OH excluding ortho intramolecular Hbond substituents is 2. The molecule has 0 fully saturated rings. The first-order valence-electron chi connectivity index (χ1n) is 10.1. The third-order valence-electron chi connectivity index (χ3n) is 5.59. The van der Waals surface area contributed by atoms with E-state index in [-0.39, 0.29) is 11.5 Å². The van der Waals surface area contributed by atoms with Crippen LogP contribution in [0.2, 0.25) is 0 Å². The van der Waals surface area contributed by atoms with E-state index in [9.17, 15) is 10.2 Å². The van der Waals surface area contributed by atoms with E-state index in [2.05, 4.69) is 48.8 Å². The molecule has 1 aromatic heterocycles. The van der Waals surface area contributed by atoms with Gasteiger partial charge in [0, 0.05) is 42.8 Å². The maximum Gasteiger partial charge on any atom is 0.177 e. The van der Waals surface area contributed by atoms with Crippen molar-refractivity contribution >= 4 is 39.6 Å². The van der Waals surface area contributed by atoms with E-state index >= 15 is 0 Å². The highest BCUT2D eigenvalue weighted by Crippen LogP contribution is 2.38. The highest BCUT2D eigenvalue weighted by Gasteiger charge is 2.23. The number of nitrogens with one attached hydrogen (secondary N) is 1. The third-order valence-corrected chi connectivity index (χ3v) is 5.97. The second kappa shape index (κ2) is 8.40. The summed E-state index contributed by atoms with van der Waals surface area (Å²) in [6.45, 7) is 10.4. The maximum atomic E-state index is 10.5. The standard InChI is InChI=1S/C24H29N3O2S/c1-7-16-10-18(23(29)12-22(16)28)15(4)27(24(30)25-5)20-11-19-17(8-2)13-26(6)21(19)9-14(20)3/h9-13,28-29H,4,7-8H2,1-3,5-6H3,(H,25,30). The normalized spacial score (nSPS) is 11.0. The van der Waals surface area contributed by atoms with Crippen LogP contribution in [0.1, 0.15) is 36.1 Å². The smallest absolute Gasteiger partial charge is 0.177 e. The van der Waals surface area contributed by atoms with Crippen molar-refractivity contribution in [3.05, 3.63) is 59.3 Å². The van der Waals surface area contributed by atoms with Crippen LogP contribution in [0.3, 0.4) is 0 Å². The number of thiocarbonyl (C=S) groups is 1. The number of anilines is 1. The van der Waals surface area contributed by atoms with E-state index in [0.29, 0.717) is 22.8 Å². The Kier molecular flexibility index (Phi) is 6.08. The van der Waals surface area contributed by atoms with Crippen LogP contribution in [0.15, 0.2) is 37.0 Å². The minimum atomic E-state index is -0.0358. The van der Waals surface area contributed by atoms with E-state index in [1.54, 1.807) is 13.1 Å². The highest BCUT2D eigenvalue weighted by molar-refractivity contribution is 7.80. The van der Waals surface area contributed by atoms with Gasteiger partial charge in [0.05, 0.1) is 11.4 Å². The fourth-order valence-electron chi connectivity index (χ4n) is 3.87. The predicted octanol–water partition coefficient (Wildman–Crippen LogP) is 5.00. The van der Waals surface area contributed by atoms with Gasteiger partial charge in [-0.2, -0.15) is 0 Å². The van der Waals surface area contributed by atoms with Gasteiger partial charge in [-0.3, -0.25) is 4.90 Å². The van der Waals surface area contributed by atoms with Gasteiger partial charge in [-0.25, -0.2) is 0 Å². The first kappa shape index (κ1) is 21.7.